The summed E-state index contributed by atoms with van der Waals surface area (Å²) in [6, 6.07) is 1.73. The van der Waals surface area contributed by atoms with E-state index in [2.05, 4.69) is 5.10 Å². The molecule has 102 valence electrons. The van der Waals surface area contributed by atoms with Crippen molar-refractivity contribution in [2.24, 2.45) is 0 Å². The van der Waals surface area contributed by atoms with Gasteiger partial charge in [0.1, 0.15) is 0 Å². The normalized spacial score (nSPS) is 10.9. The van der Waals surface area contributed by atoms with Crippen molar-refractivity contribution in [2.75, 3.05) is 0 Å². The number of nitrogens with zero attached hydrogens (tertiary/aromatic N) is 2. The molecule has 2 aromatic rings. The Morgan fingerprint density at radius 3 is 2.68 bits per heavy atom. The van der Waals surface area contributed by atoms with Crippen molar-refractivity contribution in [2.45, 2.75) is 33.2 Å². The first-order chi connectivity index (χ1) is 9.08. The minimum absolute atomic E-state index is 0.0147. The summed E-state index contributed by atoms with van der Waals surface area (Å²) in [5, 5.41) is 7.32. The molecule has 0 N–H and O–H groups in total. The van der Waals surface area contributed by atoms with Crippen LogP contribution in [0.15, 0.2) is 11.4 Å². The Morgan fingerprint density at radius 2 is 2.16 bits per heavy atom. The van der Waals surface area contributed by atoms with Gasteiger partial charge in [0, 0.05) is 6.54 Å². The fraction of sp³-hybridized carbons (Fsp3) is 0.385. The summed E-state index contributed by atoms with van der Waals surface area (Å²) in [5.41, 5.74) is 1.61. The first-order valence-electron chi connectivity index (χ1n) is 6.08. The van der Waals surface area contributed by atoms with Crippen LogP contribution in [0.25, 0.3) is 0 Å². The van der Waals surface area contributed by atoms with Crippen molar-refractivity contribution in [1.29, 1.82) is 0 Å². The first kappa shape index (κ1) is 14.6. The highest BCUT2D eigenvalue weighted by Crippen LogP contribution is 2.27. The molecule has 0 bridgehead atoms. The van der Waals surface area contributed by atoms with Gasteiger partial charge in [0.15, 0.2) is 5.78 Å². The van der Waals surface area contributed by atoms with Crippen LogP contribution >= 0.6 is 34.5 Å². The second-order valence-electron chi connectivity index (χ2n) is 4.07. The third kappa shape index (κ3) is 2.86. The van der Waals surface area contributed by atoms with Gasteiger partial charge in [-0.2, -0.15) is 5.10 Å². The van der Waals surface area contributed by atoms with E-state index in [1.54, 1.807) is 10.7 Å². The maximum atomic E-state index is 12.2. The Kier molecular flexibility index (Phi) is 4.66. The van der Waals surface area contributed by atoms with Gasteiger partial charge < -0.3 is 0 Å². The molecule has 0 aromatic carbocycles. The number of aromatic nitrogens is 2. The van der Waals surface area contributed by atoms with Gasteiger partial charge in [-0.05, 0) is 24.8 Å². The smallest absolute Gasteiger partial charge is 0.180 e. The summed E-state index contributed by atoms with van der Waals surface area (Å²) in [5.74, 6) is -0.0147. The number of halogens is 2. The van der Waals surface area contributed by atoms with E-state index in [4.69, 9.17) is 23.2 Å². The van der Waals surface area contributed by atoms with E-state index in [0.717, 1.165) is 17.8 Å². The topological polar surface area (TPSA) is 34.9 Å². The Bertz CT molecular complexity index is 604. The second-order valence-corrected chi connectivity index (χ2v) is 5.78. The van der Waals surface area contributed by atoms with Gasteiger partial charge in [0.05, 0.1) is 32.7 Å². The lowest BCUT2D eigenvalue weighted by Crippen LogP contribution is -2.09. The molecule has 0 saturated carbocycles. The highest BCUT2D eigenvalue weighted by molar-refractivity contribution is 7.12. The van der Waals surface area contributed by atoms with E-state index in [1.807, 2.05) is 19.2 Å². The lowest BCUT2D eigenvalue weighted by atomic mass is 10.1. The first-order valence-corrected chi connectivity index (χ1v) is 7.72. The van der Waals surface area contributed by atoms with Gasteiger partial charge in [-0.1, -0.05) is 30.1 Å². The summed E-state index contributed by atoms with van der Waals surface area (Å²) in [6.45, 7) is 4.67. The molecule has 19 heavy (non-hydrogen) atoms. The van der Waals surface area contributed by atoms with Crippen LogP contribution in [0.4, 0.5) is 0 Å². The molecule has 0 aliphatic carbocycles. The fourth-order valence-corrected chi connectivity index (χ4v) is 3.35. The zero-order chi connectivity index (χ0) is 14.0. The monoisotopic (exact) mass is 316 g/mol. The molecule has 0 spiro atoms. The van der Waals surface area contributed by atoms with E-state index >= 15 is 0 Å². The SMILES string of the molecule is CCc1nn(CC)c(CC(=O)c2sccc2Cl)c1Cl. The number of carbonyl (C=O) groups excluding carboxylic acids is 1. The maximum Gasteiger partial charge on any atom is 0.180 e. The summed E-state index contributed by atoms with van der Waals surface area (Å²) < 4.78 is 1.79. The average Bonchev–Trinajstić information content (AvgIpc) is 2.95. The third-order valence-corrected chi connectivity index (χ3v) is 4.71. The molecule has 0 aliphatic rings. The van der Waals surface area contributed by atoms with Crippen LogP contribution < -0.4 is 0 Å². The second kappa shape index (κ2) is 6.07. The number of hydrogen-bond acceptors (Lipinski definition) is 3. The van der Waals surface area contributed by atoms with Crippen LogP contribution in [0.1, 0.15) is 34.9 Å². The van der Waals surface area contributed by atoms with Crippen LogP contribution in [0.5, 0.6) is 0 Å². The molecule has 0 fully saturated rings. The number of Topliss-reactive ketones (excluding diaryl/α,β-unsaturated/α-hetero) is 1. The van der Waals surface area contributed by atoms with Gasteiger partial charge >= 0.3 is 0 Å². The predicted octanol–water partition coefficient (Wildman–Crippen LogP) is 4.26. The van der Waals surface area contributed by atoms with Gasteiger partial charge in [0.25, 0.3) is 0 Å². The lowest BCUT2D eigenvalue weighted by Gasteiger charge is -2.04. The molecule has 2 rings (SSSR count). The van der Waals surface area contributed by atoms with E-state index in [9.17, 15) is 4.79 Å². The van der Waals surface area contributed by atoms with Gasteiger partial charge in [-0.15, -0.1) is 11.3 Å². The number of ketones is 1. The van der Waals surface area contributed by atoms with Gasteiger partial charge in [0.2, 0.25) is 0 Å². The number of carbonyl (C=O) groups is 1. The quantitative estimate of drug-likeness (QED) is 0.772. The molecule has 0 aliphatic heterocycles. The average molecular weight is 317 g/mol. The number of rotatable bonds is 5. The Balaban J connectivity index is 2.31. The van der Waals surface area contributed by atoms with E-state index < -0.39 is 0 Å². The van der Waals surface area contributed by atoms with Gasteiger partial charge in [-0.3, -0.25) is 9.48 Å². The molecule has 0 amide bonds. The minimum atomic E-state index is -0.0147. The van der Waals surface area contributed by atoms with Crippen LogP contribution in [0, 0.1) is 0 Å². The Labute approximate surface area is 126 Å². The van der Waals surface area contributed by atoms with Crippen molar-refractivity contribution in [3.63, 3.8) is 0 Å². The van der Waals surface area contributed by atoms with Crippen molar-refractivity contribution < 1.29 is 4.79 Å². The summed E-state index contributed by atoms with van der Waals surface area (Å²) in [4.78, 5) is 12.8. The summed E-state index contributed by atoms with van der Waals surface area (Å²) in [7, 11) is 0. The minimum Gasteiger partial charge on any atom is -0.293 e. The fourth-order valence-electron chi connectivity index (χ4n) is 1.91. The van der Waals surface area contributed by atoms with Crippen LogP contribution in [0.3, 0.4) is 0 Å². The molecule has 6 heteroatoms. The molecule has 0 saturated heterocycles. The molecule has 0 radical (unpaired) electrons. The molecular weight excluding hydrogens is 303 g/mol. The van der Waals surface area contributed by atoms with Crippen molar-refractivity contribution in [1.82, 2.24) is 9.78 Å². The molecule has 0 atom stereocenters. The van der Waals surface area contributed by atoms with Crippen molar-refractivity contribution in [3.05, 3.63) is 37.8 Å². The molecule has 2 aromatic heterocycles. The standard InChI is InChI=1S/C13H14Cl2N2OS/c1-3-9-12(15)10(17(4-2)16-9)7-11(18)13-8(14)5-6-19-13/h5-6H,3-4,7H2,1-2H3. The Hall–Kier alpha value is -0.840. The van der Waals surface area contributed by atoms with E-state index in [1.165, 1.54) is 11.3 Å². The van der Waals surface area contributed by atoms with Crippen molar-refractivity contribution >= 4 is 40.3 Å². The van der Waals surface area contributed by atoms with Crippen LogP contribution in [-0.4, -0.2) is 15.6 Å². The zero-order valence-corrected chi connectivity index (χ0v) is 13.1. The van der Waals surface area contributed by atoms with Crippen molar-refractivity contribution in [3.8, 4) is 0 Å². The zero-order valence-electron chi connectivity index (χ0n) is 10.7. The summed E-state index contributed by atoms with van der Waals surface area (Å²) >= 11 is 13.6. The van der Waals surface area contributed by atoms with Gasteiger partial charge in [-0.25, -0.2) is 0 Å². The van der Waals surface area contributed by atoms with E-state index in [-0.39, 0.29) is 12.2 Å². The lowest BCUT2D eigenvalue weighted by molar-refractivity contribution is 0.0994. The molecule has 2 heterocycles. The third-order valence-electron chi connectivity index (χ3n) is 2.89. The molecular formula is C13H14Cl2N2OS. The molecule has 3 nitrogen and oxygen atoms in total. The number of thiophene rings is 1. The highest BCUT2D eigenvalue weighted by Gasteiger charge is 2.20. The van der Waals surface area contributed by atoms with E-state index in [0.29, 0.717) is 21.5 Å². The largest absolute Gasteiger partial charge is 0.293 e. The Morgan fingerprint density at radius 1 is 1.42 bits per heavy atom. The van der Waals surface area contributed by atoms with Crippen LogP contribution in [-0.2, 0) is 19.4 Å². The van der Waals surface area contributed by atoms with Crippen LogP contribution in [0.2, 0.25) is 10.0 Å². The molecule has 0 unspecified atom stereocenters. The number of aryl methyl sites for hydroxylation is 2. The highest BCUT2D eigenvalue weighted by atomic mass is 35.5. The summed E-state index contributed by atoms with van der Waals surface area (Å²) in [6.07, 6.45) is 0.993. The predicted molar refractivity (Wildman–Crippen MR) is 79.7 cm³/mol. The maximum absolute atomic E-state index is 12.2. The number of hydrogen-bond donors (Lipinski definition) is 0.